The van der Waals surface area contributed by atoms with E-state index in [0.717, 1.165) is 0 Å². The monoisotopic (exact) mass is 140 g/mol. The molecule has 0 saturated carbocycles. The first-order valence-corrected chi connectivity index (χ1v) is 2.97. The number of aromatic nitrogens is 1. The Kier molecular flexibility index (Phi) is 2.10. The predicted molar refractivity (Wildman–Crippen MR) is 35.7 cm³/mol. The van der Waals surface area contributed by atoms with Gasteiger partial charge in [-0.1, -0.05) is 0 Å². The van der Waals surface area contributed by atoms with Crippen LogP contribution in [0.15, 0.2) is 24.4 Å². The molecule has 0 bridgehead atoms. The fourth-order valence-corrected chi connectivity index (χ4v) is 0.722. The molecule has 54 valence electrons. The summed E-state index contributed by atoms with van der Waals surface area (Å²) in [6.07, 6.45) is 1.78. The summed E-state index contributed by atoms with van der Waals surface area (Å²) in [6.45, 7) is 0. The summed E-state index contributed by atoms with van der Waals surface area (Å²) >= 11 is 0. The van der Waals surface area contributed by atoms with Gasteiger partial charge >= 0.3 is 5.88 Å². The quantitative estimate of drug-likeness (QED) is 0.541. The SMILES string of the molecule is COc1cccc[n+]1OC. The van der Waals surface area contributed by atoms with Crippen LogP contribution in [0.3, 0.4) is 0 Å². The summed E-state index contributed by atoms with van der Waals surface area (Å²) in [5.74, 6) is 0.685. The number of nitrogens with zero attached hydrogens (tertiary/aromatic N) is 1. The molecule has 0 spiro atoms. The molecule has 0 aliphatic rings. The first-order chi connectivity index (χ1) is 4.88. The van der Waals surface area contributed by atoms with E-state index in [1.807, 2.05) is 18.2 Å². The fraction of sp³-hybridized carbons (Fsp3) is 0.286. The van der Waals surface area contributed by atoms with Gasteiger partial charge in [0, 0.05) is 10.8 Å². The molecule has 1 aromatic rings. The lowest BCUT2D eigenvalue weighted by atomic mass is 10.5. The average Bonchev–Trinajstić information content (AvgIpc) is 2.04. The molecule has 0 amide bonds. The van der Waals surface area contributed by atoms with Crippen molar-refractivity contribution in [2.24, 2.45) is 0 Å². The zero-order valence-electron chi connectivity index (χ0n) is 6.07. The van der Waals surface area contributed by atoms with E-state index < -0.39 is 0 Å². The van der Waals surface area contributed by atoms with Gasteiger partial charge in [0.1, 0.15) is 7.11 Å². The fourth-order valence-electron chi connectivity index (χ4n) is 0.722. The van der Waals surface area contributed by atoms with Crippen molar-refractivity contribution in [2.75, 3.05) is 14.2 Å². The predicted octanol–water partition coefficient (Wildman–Crippen LogP) is 0.0411. The summed E-state index contributed by atoms with van der Waals surface area (Å²) < 4.78 is 6.52. The van der Waals surface area contributed by atoms with Gasteiger partial charge in [0.25, 0.3) is 0 Å². The topological polar surface area (TPSA) is 22.3 Å². The van der Waals surface area contributed by atoms with Crippen molar-refractivity contribution in [1.29, 1.82) is 0 Å². The molecular weight excluding hydrogens is 130 g/mol. The molecule has 0 aliphatic carbocycles. The maximum atomic E-state index is 4.97. The van der Waals surface area contributed by atoms with Gasteiger partial charge in [-0.05, 0) is 6.07 Å². The zero-order chi connectivity index (χ0) is 7.40. The van der Waals surface area contributed by atoms with Gasteiger partial charge in [-0.25, -0.2) is 0 Å². The Morgan fingerprint density at radius 3 is 2.60 bits per heavy atom. The third-order valence-electron chi connectivity index (χ3n) is 1.19. The number of ether oxygens (including phenoxy) is 1. The number of rotatable bonds is 2. The summed E-state index contributed by atoms with van der Waals surface area (Å²) in [7, 11) is 3.19. The molecule has 1 rings (SSSR count). The van der Waals surface area contributed by atoms with Gasteiger partial charge < -0.3 is 4.74 Å². The highest BCUT2D eigenvalue weighted by Crippen LogP contribution is 1.97. The van der Waals surface area contributed by atoms with Crippen LogP contribution in [0.5, 0.6) is 5.88 Å². The van der Waals surface area contributed by atoms with Crippen molar-refractivity contribution in [3.63, 3.8) is 0 Å². The molecule has 0 unspecified atom stereocenters. The number of hydrogen-bond donors (Lipinski definition) is 0. The standard InChI is InChI=1S/C7H10NO2/c1-9-7-5-3-4-6-8(7)10-2/h3-6H,1-2H3/q+1. The van der Waals surface area contributed by atoms with E-state index in [0.29, 0.717) is 5.88 Å². The van der Waals surface area contributed by atoms with Gasteiger partial charge in [0.2, 0.25) is 6.20 Å². The first kappa shape index (κ1) is 6.86. The van der Waals surface area contributed by atoms with Crippen LogP contribution < -0.4 is 14.3 Å². The second-order valence-electron chi connectivity index (χ2n) is 1.75. The smallest absolute Gasteiger partial charge is 0.416 e. The zero-order valence-corrected chi connectivity index (χ0v) is 6.07. The number of hydrogen-bond acceptors (Lipinski definition) is 2. The third-order valence-corrected chi connectivity index (χ3v) is 1.19. The molecule has 1 heterocycles. The average molecular weight is 140 g/mol. The molecule has 1 aromatic heterocycles. The van der Waals surface area contributed by atoms with Gasteiger partial charge in [-0.15, -0.1) is 0 Å². The molecule has 0 aromatic carbocycles. The van der Waals surface area contributed by atoms with Crippen molar-refractivity contribution in [3.8, 4) is 5.88 Å². The Balaban J connectivity index is 2.96. The normalized spacial score (nSPS) is 9.00. The van der Waals surface area contributed by atoms with E-state index in [1.54, 1.807) is 25.1 Å². The van der Waals surface area contributed by atoms with E-state index in [1.165, 1.54) is 0 Å². The van der Waals surface area contributed by atoms with Crippen LogP contribution in [0, 0.1) is 0 Å². The third kappa shape index (κ3) is 1.18. The van der Waals surface area contributed by atoms with Gasteiger partial charge in [-0.2, -0.15) is 0 Å². The molecule has 3 nitrogen and oxygen atoms in total. The Hall–Kier alpha value is -1.25. The molecular formula is C7H10NO2+. The molecule has 3 heteroatoms. The van der Waals surface area contributed by atoms with Crippen molar-refractivity contribution in [1.82, 2.24) is 0 Å². The van der Waals surface area contributed by atoms with E-state index in [4.69, 9.17) is 9.57 Å². The largest absolute Gasteiger partial charge is 0.445 e. The van der Waals surface area contributed by atoms with Gasteiger partial charge in [-0.3, -0.25) is 4.84 Å². The minimum absolute atomic E-state index is 0.685. The lowest BCUT2D eigenvalue weighted by molar-refractivity contribution is -0.887. The Morgan fingerprint density at radius 1 is 1.30 bits per heavy atom. The van der Waals surface area contributed by atoms with Crippen LogP contribution in [0.1, 0.15) is 0 Å². The Morgan fingerprint density at radius 2 is 2.10 bits per heavy atom. The van der Waals surface area contributed by atoms with Crippen LogP contribution in [-0.4, -0.2) is 14.2 Å². The molecule has 10 heavy (non-hydrogen) atoms. The van der Waals surface area contributed by atoms with E-state index >= 15 is 0 Å². The van der Waals surface area contributed by atoms with Crippen LogP contribution in [0.4, 0.5) is 0 Å². The second kappa shape index (κ2) is 3.06. The highest BCUT2D eigenvalue weighted by Gasteiger charge is 2.07. The lowest BCUT2D eigenvalue weighted by Crippen LogP contribution is -2.41. The van der Waals surface area contributed by atoms with Gasteiger partial charge in [0.15, 0.2) is 0 Å². The Bertz CT molecular complexity index is 190. The molecule has 0 fully saturated rings. The molecule has 0 saturated heterocycles. The second-order valence-corrected chi connectivity index (χ2v) is 1.75. The summed E-state index contributed by atoms with van der Waals surface area (Å²) in [5, 5.41) is 0. The summed E-state index contributed by atoms with van der Waals surface area (Å²) in [4.78, 5) is 4.93. The lowest BCUT2D eigenvalue weighted by Gasteiger charge is -1.95. The van der Waals surface area contributed by atoms with Crippen LogP contribution in [0.2, 0.25) is 0 Å². The van der Waals surface area contributed by atoms with Crippen LogP contribution in [-0.2, 0) is 0 Å². The minimum Gasteiger partial charge on any atom is -0.445 e. The van der Waals surface area contributed by atoms with Crippen molar-refractivity contribution in [2.45, 2.75) is 0 Å². The molecule has 0 N–H and O–H groups in total. The van der Waals surface area contributed by atoms with Crippen LogP contribution >= 0.6 is 0 Å². The number of pyridine rings is 1. The van der Waals surface area contributed by atoms with Crippen molar-refractivity contribution >= 4 is 0 Å². The molecule has 0 atom stereocenters. The molecule has 0 aliphatic heterocycles. The van der Waals surface area contributed by atoms with Crippen LogP contribution in [0.25, 0.3) is 0 Å². The highest BCUT2D eigenvalue weighted by atomic mass is 16.7. The van der Waals surface area contributed by atoms with Crippen molar-refractivity contribution in [3.05, 3.63) is 24.4 Å². The summed E-state index contributed by atoms with van der Waals surface area (Å²) in [6, 6.07) is 5.57. The van der Waals surface area contributed by atoms with E-state index in [-0.39, 0.29) is 0 Å². The first-order valence-electron chi connectivity index (χ1n) is 2.97. The van der Waals surface area contributed by atoms with Gasteiger partial charge in [0.05, 0.1) is 13.2 Å². The Labute approximate surface area is 59.8 Å². The van der Waals surface area contributed by atoms with E-state index in [2.05, 4.69) is 0 Å². The summed E-state index contributed by atoms with van der Waals surface area (Å²) in [5.41, 5.74) is 0. The highest BCUT2D eigenvalue weighted by molar-refractivity contribution is 5.01. The van der Waals surface area contributed by atoms with Crippen molar-refractivity contribution < 1.29 is 14.3 Å². The maximum Gasteiger partial charge on any atom is 0.416 e. The maximum absolute atomic E-state index is 4.97. The number of methoxy groups -OCH3 is 1. The minimum atomic E-state index is 0.685. The molecule has 0 radical (unpaired) electrons. The van der Waals surface area contributed by atoms with E-state index in [9.17, 15) is 0 Å².